The third-order valence-electron chi connectivity index (χ3n) is 7.85. The van der Waals surface area contributed by atoms with E-state index in [9.17, 15) is 39.3 Å². The van der Waals surface area contributed by atoms with Crippen LogP contribution >= 0.6 is 0 Å². The molecule has 1 aromatic carbocycles. The molecule has 1 atom stereocenters. The fourth-order valence-electron chi connectivity index (χ4n) is 5.31. The van der Waals surface area contributed by atoms with E-state index in [1.54, 1.807) is 21.6 Å². The van der Waals surface area contributed by atoms with Gasteiger partial charge in [-0.05, 0) is 37.4 Å². The van der Waals surface area contributed by atoms with Gasteiger partial charge in [-0.2, -0.15) is 0 Å². The molecular formula is C30H45GdN7O8. The van der Waals surface area contributed by atoms with Crippen LogP contribution in [0, 0.1) is 46.9 Å². The number of aliphatic carboxylic acids is 3. The van der Waals surface area contributed by atoms with E-state index in [1.807, 2.05) is 24.0 Å². The van der Waals surface area contributed by atoms with E-state index in [4.69, 9.17) is 0 Å². The maximum atomic E-state index is 13.1. The molecular weight excluding hydrogens is 744 g/mol. The summed E-state index contributed by atoms with van der Waals surface area (Å²) in [6.07, 6.45) is 0.603. The van der Waals surface area contributed by atoms with Gasteiger partial charge in [-0.3, -0.25) is 43.6 Å². The molecule has 16 heteroatoms. The van der Waals surface area contributed by atoms with Crippen molar-refractivity contribution in [3.05, 3.63) is 35.5 Å². The van der Waals surface area contributed by atoms with E-state index in [2.05, 4.69) is 27.8 Å². The number of fused-ring (bicyclic) bond motifs is 1. The molecule has 0 spiro atoms. The van der Waals surface area contributed by atoms with Gasteiger partial charge in [0.15, 0.2) is 0 Å². The Morgan fingerprint density at radius 1 is 0.783 bits per heavy atom. The summed E-state index contributed by atoms with van der Waals surface area (Å²) >= 11 is 0. The number of hydrogen-bond acceptors (Lipinski definition) is 9. The van der Waals surface area contributed by atoms with Gasteiger partial charge in [0.1, 0.15) is 0 Å². The van der Waals surface area contributed by atoms with Crippen molar-refractivity contribution in [2.45, 2.75) is 26.3 Å². The number of aromatic amines is 1. The number of H-pyrrole nitrogens is 1. The Morgan fingerprint density at radius 3 is 1.78 bits per heavy atom. The Bertz CT molecular complexity index is 1310. The Kier molecular flexibility index (Phi) is 17.0. The predicted octanol–water partition coefficient (Wildman–Crippen LogP) is -0.885. The van der Waals surface area contributed by atoms with E-state index in [-0.39, 0.29) is 117 Å². The van der Waals surface area contributed by atoms with E-state index < -0.39 is 23.9 Å². The summed E-state index contributed by atoms with van der Waals surface area (Å²) in [5, 5.41) is 34.7. The van der Waals surface area contributed by atoms with Gasteiger partial charge in [-0.1, -0.05) is 11.6 Å². The number of benzene rings is 1. The summed E-state index contributed by atoms with van der Waals surface area (Å²) in [4.78, 5) is 70.1. The van der Waals surface area contributed by atoms with E-state index in [1.165, 1.54) is 5.56 Å². The molecule has 1 aromatic heterocycles. The zero-order chi connectivity index (χ0) is 32.9. The van der Waals surface area contributed by atoms with Gasteiger partial charge in [-0.15, -0.1) is 0 Å². The first-order valence-corrected chi connectivity index (χ1v) is 15.1. The van der Waals surface area contributed by atoms with E-state index >= 15 is 0 Å². The maximum Gasteiger partial charge on any atom is 0.317 e. The third-order valence-corrected chi connectivity index (χ3v) is 7.85. The molecule has 3 rings (SSSR count). The second kappa shape index (κ2) is 19.8. The minimum atomic E-state index is -1.03. The average molecular weight is 789 g/mol. The van der Waals surface area contributed by atoms with Crippen LogP contribution in [0.2, 0.25) is 0 Å². The van der Waals surface area contributed by atoms with Crippen LogP contribution in [0.5, 0.6) is 0 Å². The third kappa shape index (κ3) is 14.0. The SMILES string of the molecule is Cc1ccc2[nH]c(CCNC(=O)CNC(=O)C(C)N3CCN(CC(=O)O)CCN(CC(=O)O)CCN(CC(=O)O)CC3)cc2c1.[Gd]. The monoisotopic (exact) mass is 789 g/mol. The van der Waals surface area contributed by atoms with Crippen molar-refractivity contribution in [1.29, 1.82) is 0 Å². The summed E-state index contributed by atoms with van der Waals surface area (Å²) in [7, 11) is 0. The zero-order valence-electron chi connectivity index (χ0n) is 26.3. The van der Waals surface area contributed by atoms with Crippen LogP contribution in [0.1, 0.15) is 18.2 Å². The molecule has 0 bridgehead atoms. The number of nitrogens with zero attached hydrogens (tertiary/aromatic N) is 4. The van der Waals surface area contributed by atoms with Crippen LogP contribution in [0.15, 0.2) is 24.3 Å². The van der Waals surface area contributed by atoms with Crippen molar-refractivity contribution < 1.29 is 79.2 Å². The van der Waals surface area contributed by atoms with Gasteiger partial charge < -0.3 is 30.9 Å². The minimum Gasteiger partial charge on any atom is -0.480 e. The molecule has 1 unspecified atom stereocenters. The van der Waals surface area contributed by atoms with Gasteiger partial charge in [0.05, 0.1) is 32.2 Å². The summed E-state index contributed by atoms with van der Waals surface area (Å²) in [6, 6.07) is 7.51. The van der Waals surface area contributed by atoms with E-state index in [0.717, 1.165) is 16.6 Å². The number of carbonyl (C=O) groups is 5. The second-order valence-corrected chi connectivity index (χ2v) is 11.4. The van der Waals surface area contributed by atoms with Crippen molar-refractivity contribution in [2.75, 3.05) is 85.1 Å². The van der Waals surface area contributed by atoms with Crippen molar-refractivity contribution in [3.8, 4) is 0 Å². The van der Waals surface area contributed by atoms with Gasteiger partial charge in [0.25, 0.3) is 0 Å². The molecule has 2 amide bonds. The van der Waals surface area contributed by atoms with Crippen molar-refractivity contribution in [3.63, 3.8) is 0 Å². The van der Waals surface area contributed by atoms with Gasteiger partial charge in [0.2, 0.25) is 11.8 Å². The van der Waals surface area contributed by atoms with Crippen molar-refractivity contribution >= 4 is 40.6 Å². The number of amides is 2. The summed E-state index contributed by atoms with van der Waals surface area (Å²) < 4.78 is 0. The number of rotatable bonds is 13. The Morgan fingerprint density at radius 2 is 1.28 bits per heavy atom. The number of carboxylic acid groups (broad SMARTS) is 3. The molecule has 0 aliphatic carbocycles. The molecule has 1 aliphatic rings. The predicted molar refractivity (Wildman–Crippen MR) is 166 cm³/mol. The molecule has 0 saturated carbocycles. The molecule has 46 heavy (non-hydrogen) atoms. The standard InChI is InChI=1S/C30H45N7O8.Gd/c1-21-3-4-25-23(15-21)16-24(33-25)5-6-31-26(38)17-32-30(45)22(2)37-13-11-35(19-28(41)42)9-7-34(18-27(39)40)8-10-36(12-14-37)20-29(43)44;/h3-4,15-16,22,33H,5-14,17-20H2,1-2H3,(H,31,38)(H,32,45)(H,39,40)(H,41,42)(H,43,44);. The summed E-state index contributed by atoms with van der Waals surface area (Å²) in [6.45, 7) is 5.47. The van der Waals surface area contributed by atoms with Gasteiger partial charge in [-0.25, -0.2) is 0 Å². The molecule has 1 aliphatic heterocycles. The number of aryl methyl sites for hydroxylation is 1. The van der Waals surface area contributed by atoms with Crippen LogP contribution in [0.3, 0.4) is 0 Å². The van der Waals surface area contributed by atoms with Crippen molar-refractivity contribution in [2.24, 2.45) is 0 Å². The minimum absolute atomic E-state index is 0. The van der Waals surface area contributed by atoms with Crippen LogP contribution < -0.4 is 10.6 Å². The summed E-state index contributed by atoms with van der Waals surface area (Å²) in [5.41, 5.74) is 3.19. The zero-order valence-corrected chi connectivity index (χ0v) is 28.6. The first-order chi connectivity index (χ1) is 21.4. The number of nitrogens with one attached hydrogen (secondary N) is 3. The molecule has 1 fully saturated rings. The Labute approximate surface area is 300 Å². The normalized spacial score (nSPS) is 16.8. The quantitative estimate of drug-likeness (QED) is 0.147. The molecule has 2 aromatic rings. The summed E-state index contributed by atoms with van der Waals surface area (Å²) in [5.74, 6) is -3.79. The van der Waals surface area contributed by atoms with Crippen LogP contribution in [-0.2, 0) is 30.4 Å². The molecule has 6 N–H and O–H groups in total. The van der Waals surface area contributed by atoms with Crippen LogP contribution in [0.25, 0.3) is 10.9 Å². The van der Waals surface area contributed by atoms with Crippen LogP contribution in [0.4, 0.5) is 0 Å². The number of aromatic nitrogens is 1. The Balaban J connectivity index is 0.00000736. The largest absolute Gasteiger partial charge is 0.480 e. The fraction of sp³-hybridized carbons (Fsp3) is 0.567. The van der Waals surface area contributed by atoms with Gasteiger partial charge in [0, 0.05) is 116 Å². The second-order valence-electron chi connectivity index (χ2n) is 11.4. The molecule has 0 radical (unpaired) electrons. The topological polar surface area (TPSA) is 199 Å². The average Bonchev–Trinajstić information content (AvgIpc) is 3.36. The first kappa shape index (κ1) is 39.5. The number of carbonyl (C=O) groups excluding carboxylic acids is 2. The molecule has 256 valence electrons. The smallest absolute Gasteiger partial charge is 0.317 e. The molecule has 1 saturated heterocycles. The number of hydrogen-bond donors (Lipinski definition) is 6. The van der Waals surface area contributed by atoms with Gasteiger partial charge >= 0.3 is 17.9 Å². The first-order valence-electron chi connectivity index (χ1n) is 15.1. The van der Waals surface area contributed by atoms with Crippen molar-refractivity contribution in [1.82, 2.24) is 35.2 Å². The van der Waals surface area contributed by atoms with E-state index in [0.29, 0.717) is 26.1 Å². The maximum absolute atomic E-state index is 13.1. The fourth-order valence-corrected chi connectivity index (χ4v) is 5.31. The molecule has 15 nitrogen and oxygen atoms in total. The van der Waals surface area contributed by atoms with Crippen LogP contribution in [-0.4, -0.2) is 161 Å². The molecule has 2 heterocycles. The Hall–Kier alpha value is -2.73. The number of carboxylic acids is 3.